The number of hydroxylamine groups is 1. The maximum absolute atomic E-state index is 12.2. The minimum absolute atomic E-state index is 0.0364. The van der Waals surface area contributed by atoms with Gasteiger partial charge in [0.25, 0.3) is 0 Å². The standard InChI is InChI=1S/C29H36N6O3/c36-27(8-4-1-2-5-9-28(37)34-38)31-23-12-10-22(11-13-23)26-18-19-30-29(33-26)32-24-14-16-25(17-15-24)35-20-6-3-7-21-35/h10-19,38H,1-9,20-21H2,(H,31,36)(H,34,37)(H,30,32,33). The van der Waals surface area contributed by atoms with Crippen LogP contribution in [0.3, 0.4) is 0 Å². The van der Waals surface area contributed by atoms with E-state index in [-0.39, 0.29) is 11.8 Å². The van der Waals surface area contributed by atoms with Gasteiger partial charge in [-0.05, 0) is 74.6 Å². The number of unbranched alkanes of at least 4 members (excludes halogenated alkanes) is 3. The van der Waals surface area contributed by atoms with Gasteiger partial charge in [-0.1, -0.05) is 25.0 Å². The first-order valence-corrected chi connectivity index (χ1v) is 13.4. The molecule has 1 fully saturated rings. The highest BCUT2D eigenvalue weighted by Gasteiger charge is 2.11. The summed E-state index contributed by atoms with van der Waals surface area (Å²) in [5.74, 6) is 0.117. The first-order valence-electron chi connectivity index (χ1n) is 13.4. The van der Waals surface area contributed by atoms with Crippen LogP contribution in [-0.2, 0) is 9.59 Å². The second kappa shape index (κ2) is 14.1. The molecule has 2 amide bonds. The van der Waals surface area contributed by atoms with Crippen molar-refractivity contribution >= 4 is 34.8 Å². The average molecular weight is 517 g/mol. The minimum atomic E-state index is -0.376. The van der Waals surface area contributed by atoms with Gasteiger partial charge in [0.2, 0.25) is 17.8 Å². The second-order valence-electron chi connectivity index (χ2n) is 9.56. The fraction of sp³-hybridized carbons (Fsp3) is 0.379. The van der Waals surface area contributed by atoms with Gasteiger partial charge < -0.3 is 15.5 Å². The number of amides is 2. The number of hydrogen-bond donors (Lipinski definition) is 4. The molecule has 0 spiro atoms. The summed E-state index contributed by atoms with van der Waals surface area (Å²) in [7, 11) is 0. The number of nitrogens with zero attached hydrogens (tertiary/aromatic N) is 3. The van der Waals surface area contributed by atoms with E-state index in [1.807, 2.05) is 30.3 Å². The molecule has 3 aromatic rings. The molecule has 1 aromatic heterocycles. The zero-order valence-electron chi connectivity index (χ0n) is 21.7. The average Bonchev–Trinajstić information content (AvgIpc) is 2.96. The normalized spacial score (nSPS) is 13.1. The van der Waals surface area contributed by atoms with E-state index in [2.05, 4.69) is 49.8 Å². The van der Waals surface area contributed by atoms with Crippen molar-refractivity contribution in [1.82, 2.24) is 15.4 Å². The van der Waals surface area contributed by atoms with Crippen molar-refractivity contribution in [3.05, 3.63) is 60.8 Å². The number of carbonyl (C=O) groups is 2. The second-order valence-corrected chi connectivity index (χ2v) is 9.56. The summed E-state index contributed by atoms with van der Waals surface area (Å²) >= 11 is 0. The quantitative estimate of drug-likeness (QED) is 0.139. The van der Waals surface area contributed by atoms with Gasteiger partial charge in [-0.3, -0.25) is 14.8 Å². The summed E-state index contributed by atoms with van der Waals surface area (Å²) in [6.45, 7) is 2.24. The summed E-state index contributed by atoms with van der Waals surface area (Å²) < 4.78 is 0. The lowest BCUT2D eigenvalue weighted by Crippen LogP contribution is -2.29. The molecule has 0 atom stereocenters. The lowest BCUT2D eigenvalue weighted by atomic mass is 10.1. The third kappa shape index (κ3) is 8.27. The van der Waals surface area contributed by atoms with Crippen molar-refractivity contribution in [2.75, 3.05) is 28.6 Å². The molecule has 9 heteroatoms. The predicted octanol–water partition coefficient (Wildman–Crippen LogP) is 5.66. The van der Waals surface area contributed by atoms with Crippen LogP contribution in [0.25, 0.3) is 11.3 Å². The Balaban J connectivity index is 1.25. The monoisotopic (exact) mass is 516 g/mol. The number of benzene rings is 2. The Morgan fingerprint density at radius 3 is 2.13 bits per heavy atom. The molecule has 0 radical (unpaired) electrons. The maximum Gasteiger partial charge on any atom is 0.243 e. The van der Waals surface area contributed by atoms with E-state index in [4.69, 9.17) is 5.21 Å². The molecule has 38 heavy (non-hydrogen) atoms. The van der Waals surface area contributed by atoms with Crippen LogP contribution in [0, 0.1) is 0 Å². The van der Waals surface area contributed by atoms with E-state index in [9.17, 15) is 9.59 Å². The number of anilines is 4. The molecule has 200 valence electrons. The Hall–Kier alpha value is -3.98. The first-order chi connectivity index (χ1) is 18.6. The third-order valence-electron chi connectivity index (χ3n) is 6.65. The molecule has 2 aromatic carbocycles. The molecular weight excluding hydrogens is 480 g/mol. The molecule has 0 bridgehead atoms. The topological polar surface area (TPSA) is 119 Å². The van der Waals surface area contributed by atoms with Gasteiger partial charge in [0, 0.05) is 54.8 Å². The highest BCUT2D eigenvalue weighted by Crippen LogP contribution is 2.24. The van der Waals surface area contributed by atoms with Gasteiger partial charge in [0.1, 0.15) is 0 Å². The highest BCUT2D eigenvalue weighted by molar-refractivity contribution is 5.90. The maximum atomic E-state index is 12.2. The van der Waals surface area contributed by atoms with Crippen LogP contribution in [0.1, 0.15) is 57.8 Å². The lowest BCUT2D eigenvalue weighted by Gasteiger charge is -2.28. The van der Waals surface area contributed by atoms with E-state index in [0.29, 0.717) is 25.2 Å². The van der Waals surface area contributed by atoms with Crippen molar-refractivity contribution in [2.24, 2.45) is 0 Å². The van der Waals surface area contributed by atoms with Crippen LogP contribution in [-0.4, -0.2) is 40.1 Å². The number of piperidine rings is 1. The number of hydrogen-bond acceptors (Lipinski definition) is 7. The highest BCUT2D eigenvalue weighted by atomic mass is 16.5. The van der Waals surface area contributed by atoms with Crippen molar-refractivity contribution in [3.8, 4) is 11.3 Å². The molecule has 1 aliphatic rings. The van der Waals surface area contributed by atoms with E-state index in [1.54, 1.807) is 11.7 Å². The largest absolute Gasteiger partial charge is 0.372 e. The fourth-order valence-corrected chi connectivity index (χ4v) is 4.54. The van der Waals surface area contributed by atoms with Gasteiger partial charge in [-0.15, -0.1) is 0 Å². The van der Waals surface area contributed by atoms with Crippen LogP contribution in [0.2, 0.25) is 0 Å². The van der Waals surface area contributed by atoms with Crippen LogP contribution in [0.15, 0.2) is 60.8 Å². The van der Waals surface area contributed by atoms with Crippen LogP contribution >= 0.6 is 0 Å². The molecule has 1 saturated heterocycles. The van der Waals surface area contributed by atoms with Gasteiger partial charge >= 0.3 is 0 Å². The Labute approximate surface area is 223 Å². The van der Waals surface area contributed by atoms with Gasteiger partial charge in [0.05, 0.1) is 5.69 Å². The molecular formula is C29H36N6O3. The van der Waals surface area contributed by atoms with Crippen LogP contribution in [0.5, 0.6) is 0 Å². The molecule has 0 unspecified atom stereocenters. The lowest BCUT2D eigenvalue weighted by molar-refractivity contribution is -0.129. The zero-order chi connectivity index (χ0) is 26.6. The predicted molar refractivity (Wildman–Crippen MR) is 150 cm³/mol. The summed E-state index contributed by atoms with van der Waals surface area (Å²) in [5, 5.41) is 14.7. The first kappa shape index (κ1) is 27.1. The van der Waals surface area contributed by atoms with Gasteiger partial charge in [0.15, 0.2) is 0 Å². The third-order valence-corrected chi connectivity index (χ3v) is 6.65. The molecule has 1 aliphatic heterocycles. The summed E-state index contributed by atoms with van der Waals surface area (Å²) in [6, 6.07) is 17.9. The van der Waals surface area contributed by atoms with E-state index >= 15 is 0 Å². The molecule has 4 N–H and O–H groups in total. The minimum Gasteiger partial charge on any atom is -0.372 e. The van der Waals surface area contributed by atoms with Gasteiger partial charge in [-0.2, -0.15) is 0 Å². The summed E-state index contributed by atoms with van der Waals surface area (Å²) in [5.41, 5.74) is 6.28. The molecule has 0 aliphatic carbocycles. The number of aromatic nitrogens is 2. The summed E-state index contributed by atoms with van der Waals surface area (Å²) in [4.78, 5) is 34.7. The van der Waals surface area contributed by atoms with Crippen molar-refractivity contribution in [3.63, 3.8) is 0 Å². The van der Waals surface area contributed by atoms with E-state index < -0.39 is 0 Å². The molecule has 9 nitrogen and oxygen atoms in total. The zero-order valence-corrected chi connectivity index (χ0v) is 21.7. The van der Waals surface area contributed by atoms with Crippen LogP contribution in [0.4, 0.5) is 23.0 Å². The Morgan fingerprint density at radius 1 is 0.789 bits per heavy atom. The van der Waals surface area contributed by atoms with E-state index in [1.165, 1.54) is 24.9 Å². The SMILES string of the molecule is O=C(CCCCCCC(=O)Nc1ccc(-c2ccnc(Nc3ccc(N4CCCCC4)cc3)n2)cc1)NO. The summed E-state index contributed by atoms with van der Waals surface area (Å²) in [6.07, 6.45) is 9.43. The molecule has 0 saturated carbocycles. The Morgan fingerprint density at radius 2 is 1.45 bits per heavy atom. The number of rotatable bonds is 12. The van der Waals surface area contributed by atoms with E-state index in [0.717, 1.165) is 55.0 Å². The van der Waals surface area contributed by atoms with Crippen molar-refractivity contribution in [2.45, 2.75) is 57.8 Å². The molecule has 2 heterocycles. The van der Waals surface area contributed by atoms with Crippen LogP contribution < -0.4 is 21.0 Å². The molecule has 4 rings (SSSR count). The Bertz CT molecular complexity index is 1180. The Kier molecular flexibility index (Phi) is 10.0. The van der Waals surface area contributed by atoms with Gasteiger partial charge in [-0.25, -0.2) is 15.4 Å². The van der Waals surface area contributed by atoms with Crippen molar-refractivity contribution in [1.29, 1.82) is 0 Å². The van der Waals surface area contributed by atoms with Crippen molar-refractivity contribution < 1.29 is 14.8 Å². The fourth-order valence-electron chi connectivity index (χ4n) is 4.54. The number of carbonyl (C=O) groups excluding carboxylic acids is 2. The smallest absolute Gasteiger partial charge is 0.243 e. The number of nitrogens with one attached hydrogen (secondary N) is 3.